The molecule has 29 heavy (non-hydrogen) atoms. The summed E-state index contributed by atoms with van der Waals surface area (Å²) in [7, 11) is -3.83. The monoisotopic (exact) mass is 444 g/mol. The van der Waals surface area contributed by atoms with Crippen molar-refractivity contribution in [3.05, 3.63) is 0 Å². The van der Waals surface area contributed by atoms with E-state index >= 15 is 0 Å². The first-order chi connectivity index (χ1) is 13.6. The van der Waals surface area contributed by atoms with E-state index < -0.39 is 21.3 Å². The zero-order valence-corrected chi connectivity index (χ0v) is 19.5. The fraction of sp³-hybridized carbons (Fsp3) is 0.909. The molecule has 1 heterocycles. The number of fused-ring (bicyclic) bond motifs is 2. The summed E-state index contributed by atoms with van der Waals surface area (Å²) in [6.45, 7) is 3.83. The molecule has 0 amide bonds. The fourth-order valence-electron chi connectivity index (χ4n) is 6.01. The number of ketones is 2. The highest BCUT2D eigenvalue weighted by molar-refractivity contribution is 7.97. The lowest BCUT2D eigenvalue weighted by atomic mass is 9.70. The van der Waals surface area contributed by atoms with E-state index in [-0.39, 0.29) is 17.1 Å². The molecular weight excluding hydrogens is 408 g/mol. The van der Waals surface area contributed by atoms with E-state index in [9.17, 15) is 22.6 Å². The van der Waals surface area contributed by atoms with Crippen LogP contribution in [0, 0.1) is 22.7 Å². The van der Waals surface area contributed by atoms with Gasteiger partial charge in [-0.15, -0.1) is 0 Å². The predicted octanol–water partition coefficient (Wildman–Crippen LogP) is 3.47. The van der Waals surface area contributed by atoms with Gasteiger partial charge in [-0.1, -0.05) is 33.1 Å². The van der Waals surface area contributed by atoms with Crippen LogP contribution in [0.3, 0.4) is 0 Å². The first-order valence-electron chi connectivity index (χ1n) is 11.2. The Morgan fingerprint density at radius 1 is 1.07 bits per heavy atom. The average molecular weight is 445 g/mol. The molecule has 166 valence electrons. The molecule has 0 aromatic carbocycles. The molecule has 3 aliphatic carbocycles. The minimum absolute atomic E-state index is 0.0248. The van der Waals surface area contributed by atoms with Crippen molar-refractivity contribution in [1.82, 2.24) is 0 Å². The Hall–Kier alpha value is -0.400. The number of hydrogen-bond acceptors (Lipinski definition) is 5. The molecule has 1 saturated heterocycles. The highest BCUT2D eigenvalue weighted by Gasteiger charge is 2.64. The van der Waals surface area contributed by atoms with Gasteiger partial charge in [0.1, 0.15) is 17.3 Å². The maximum absolute atomic E-state index is 12.0. The Bertz CT molecular complexity index is 717. The Morgan fingerprint density at radius 3 is 2.17 bits per heavy atom. The van der Waals surface area contributed by atoms with E-state index in [1.807, 2.05) is 13.8 Å². The van der Waals surface area contributed by atoms with Crippen molar-refractivity contribution < 1.29 is 22.6 Å². The van der Waals surface area contributed by atoms with E-state index in [0.717, 1.165) is 12.2 Å². The van der Waals surface area contributed by atoms with Crippen LogP contribution >= 0.6 is 0 Å². The summed E-state index contributed by atoms with van der Waals surface area (Å²) < 4.78 is 32.7. The van der Waals surface area contributed by atoms with Gasteiger partial charge in [0.25, 0.3) is 0 Å². The third-order valence-electron chi connectivity index (χ3n) is 8.09. The molecule has 5 nitrogen and oxygen atoms in total. The molecule has 7 heteroatoms. The zero-order chi connectivity index (χ0) is 21.3. The van der Waals surface area contributed by atoms with Gasteiger partial charge in [-0.3, -0.25) is 9.59 Å². The smallest absolute Gasteiger partial charge is 0.184 e. The minimum Gasteiger partial charge on any atom is -0.748 e. The molecule has 3 saturated carbocycles. The molecular formula is C22H36O5S2. The van der Waals surface area contributed by atoms with E-state index in [2.05, 4.69) is 0 Å². The van der Waals surface area contributed by atoms with Crippen LogP contribution in [0.15, 0.2) is 0 Å². The summed E-state index contributed by atoms with van der Waals surface area (Å²) in [6, 6.07) is 0. The van der Waals surface area contributed by atoms with E-state index in [0.29, 0.717) is 35.4 Å². The molecule has 0 aromatic heterocycles. The zero-order valence-electron chi connectivity index (χ0n) is 17.9. The van der Waals surface area contributed by atoms with Crippen LogP contribution in [-0.4, -0.2) is 47.5 Å². The first-order valence-corrected chi connectivity index (χ1v) is 14.5. The van der Waals surface area contributed by atoms with Gasteiger partial charge < -0.3 is 4.55 Å². The topological polar surface area (TPSA) is 91.3 Å². The molecule has 4 fully saturated rings. The highest BCUT2D eigenvalue weighted by atomic mass is 32.2. The van der Waals surface area contributed by atoms with Crippen LogP contribution in [0.5, 0.6) is 0 Å². The van der Waals surface area contributed by atoms with E-state index in [1.165, 1.54) is 56.5 Å². The molecule has 2 bridgehead atoms. The van der Waals surface area contributed by atoms with Crippen LogP contribution in [0.25, 0.3) is 0 Å². The Morgan fingerprint density at radius 2 is 1.69 bits per heavy atom. The SMILES string of the molecule is CC1(C)C2CCC1(CS(=O)(=O)[O-])C(=O)C2.O=C(C[S+]1CCCC1)C1CCCCC1. The van der Waals surface area contributed by atoms with Crippen molar-refractivity contribution in [2.75, 3.05) is 23.0 Å². The van der Waals surface area contributed by atoms with Crippen molar-refractivity contribution in [2.24, 2.45) is 22.7 Å². The maximum atomic E-state index is 12.0. The summed E-state index contributed by atoms with van der Waals surface area (Å²) in [5.74, 6) is 4.41. The number of Topliss-reactive ketones (excluding diaryl/α,β-unsaturated/α-hetero) is 2. The summed E-state index contributed by atoms with van der Waals surface area (Å²) in [6.07, 6.45) is 11.0. The van der Waals surface area contributed by atoms with Crippen molar-refractivity contribution in [2.45, 2.75) is 78.1 Å². The second-order valence-corrected chi connectivity index (χ2v) is 13.8. The molecule has 0 spiro atoms. The van der Waals surface area contributed by atoms with Gasteiger partial charge >= 0.3 is 0 Å². The lowest BCUT2D eigenvalue weighted by Gasteiger charge is -2.37. The van der Waals surface area contributed by atoms with Crippen molar-refractivity contribution in [1.29, 1.82) is 0 Å². The highest BCUT2D eigenvalue weighted by Crippen LogP contribution is 2.64. The van der Waals surface area contributed by atoms with Gasteiger partial charge in [0.2, 0.25) is 0 Å². The lowest BCUT2D eigenvalue weighted by Crippen LogP contribution is -2.42. The molecule has 0 N–H and O–H groups in total. The molecule has 2 atom stereocenters. The van der Waals surface area contributed by atoms with Gasteiger partial charge in [-0.2, -0.15) is 0 Å². The third-order valence-corrected chi connectivity index (χ3v) is 11.4. The fourth-order valence-corrected chi connectivity index (χ4v) is 9.65. The van der Waals surface area contributed by atoms with Crippen LogP contribution < -0.4 is 0 Å². The standard InChI is InChI=1S/C12H21OS.C10H16O4S/c13-12(10-14-8-4-5-9-14)11-6-2-1-3-7-11;1-9(2)7-3-4-10(9,8(11)5-7)6-15(12,13)14/h11H,1-10H2;7H,3-6H2,1-2H3,(H,12,13,14)/q+1;/p-1. The Labute approximate surface area is 178 Å². The van der Waals surface area contributed by atoms with Gasteiger partial charge in [-0.25, -0.2) is 8.42 Å². The summed E-state index contributed by atoms with van der Waals surface area (Å²) >= 11 is 0. The van der Waals surface area contributed by atoms with Gasteiger partial charge in [0.05, 0.1) is 15.9 Å². The van der Waals surface area contributed by atoms with Crippen LogP contribution in [0.2, 0.25) is 0 Å². The van der Waals surface area contributed by atoms with Crippen LogP contribution in [-0.2, 0) is 30.6 Å². The average Bonchev–Trinajstić information content (AvgIpc) is 3.28. The van der Waals surface area contributed by atoms with Crippen molar-refractivity contribution in [3.63, 3.8) is 0 Å². The largest absolute Gasteiger partial charge is 0.748 e. The number of hydrogen-bond donors (Lipinski definition) is 0. The number of carbonyl (C=O) groups is 2. The second-order valence-electron chi connectivity index (χ2n) is 10.0. The second kappa shape index (κ2) is 8.99. The predicted molar refractivity (Wildman–Crippen MR) is 116 cm³/mol. The number of rotatable bonds is 5. The first kappa shape index (κ1) is 23.3. The van der Waals surface area contributed by atoms with Crippen LogP contribution in [0.1, 0.15) is 78.1 Å². The summed E-state index contributed by atoms with van der Waals surface area (Å²) in [5, 5.41) is 0. The molecule has 4 aliphatic rings. The summed E-state index contributed by atoms with van der Waals surface area (Å²) in [4.78, 5) is 23.8. The third kappa shape index (κ3) is 5.09. The van der Waals surface area contributed by atoms with Crippen molar-refractivity contribution in [3.8, 4) is 0 Å². The van der Waals surface area contributed by atoms with E-state index in [1.54, 1.807) is 0 Å². The quantitative estimate of drug-likeness (QED) is 0.478. The van der Waals surface area contributed by atoms with Gasteiger partial charge in [0.15, 0.2) is 11.5 Å². The van der Waals surface area contributed by atoms with Gasteiger partial charge in [-0.05, 0) is 60.8 Å². The molecule has 4 rings (SSSR count). The van der Waals surface area contributed by atoms with Crippen LogP contribution in [0.4, 0.5) is 0 Å². The molecule has 0 aromatic rings. The normalized spacial score (nSPS) is 32.2. The van der Waals surface area contributed by atoms with Crippen molar-refractivity contribution >= 4 is 32.6 Å². The minimum atomic E-state index is -4.33. The maximum Gasteiger partial charge on any atom is 0.184 e. The Kier molecular flexibility index (Phi) is 7.22. The number of carbonyl (C=O) groups excluding carboxylic acids is 2. The molecule has 0 radical (unpaired) electrons. The summed E-state index contributed by atoms with van der Waals surface area (Å²) in [5.41, 5.74) is -1.22. The van der Waals surface area contributed by atoms with Gasteiger partial charge in [0, 0.05) is 17.8 Å². The molecule has 1 aliphatic heterocycles. The lowest BCUT2D eigenvalue weighted by molar-refractivity contribution is -0.128. The molecule has 2 unspecified atom stereocenters. The van der Waals surface area contributed by atoms with E-state index in [4.69, 9.17) is 0 Å². The Balaban J connectivity index is 0.000000166.